The fourth-order valence-electron chi connectivity index (χ4n) is 2.95. The molecule has 2 aromatic heterocycles. The average molecular weight is 327 g/mol. The molecule has 0 fully saturated rings. The van der Waals surface area contributed by atoms with Gasteiger partial charge in [-0.15, -0.1) is 0 Å². The molecule has 122 valence electrons. The van der Waals surface area contributed by atoms with Crippen molar-refractivity contribution in [3.05, 3.63) is 51.1 Å². The highest BCUT2D eigenvalue weighted by Crippen LogP contribution is 2.29. The van der Waals surface area contributed by atoms with E-state index in [1.807, 2.05) is 0 Å². The van der Waals surface area contributed by atoms with E-state index in [9.17, 15) is 14.9 Å². The van der Waals surface area contributed by atoms with Gasteiger partial charge in [0.05, 0.1) is 28.7 Å². The van der Waals surface area contributed by atoms with Gasteiger partial charge in [0.2, 0.25) is 0 Å². The standard InChI is InChI=1S/C14H13N7O3/c22-14-9-3-12(21(23)24)11(4-10(9)15-6-17-14)19-8-1-2-13-16-7-18-20(13)5-8/h3-4,6-8,19H,1-2,5H2,(H,15,17,22). The molecule has 0 bridgehead atoms. The Morgan fingerprint density at radius 1 is 1.38 bits per heavy atom. The number of aromatic nitrogens is 5. The maximum atomic E-state index is 11.8. The maximum Gasteiger partial charge on any atom is 0.293 e. The van der Waals surface area contributed by atoms with Crippen molar-refractivity contribution >= 4 is 22.3 Å². The summed E-state index contributed by atoms with van der Waals surface area (Å²) in [6, 6.07) is 2.78. The highest BCUT2D eigenvalue weighted by atomic mass is 16.6. The van der Waals surface area contributed by atoms with Crippen LogP contribution in [-0.4, -0.2) is 35.7 Å². The average Bonchev–Trinajstić information content (AvgIpc) is 3.02. The summed E-state index contributed by atoms with van der Waals surface area (Å²) >= 11 is 0. The Labute approximate surface area is 134 Å². The molecule has 0 saturated carbocycles. The van der Waals surface area contributed by atoms with Gasteiger partial charge in [-0.3, -0.25) is 14.9 Å². The van der Waals surface area contributed by atoms with Crippen molar-refractivity contribution in [1.82, 2.24) is 24.7 Å². The number of nitrogens with one attached hydrogen (secondary N) is 2. The van der Waals surface area contributed by atoms with Crippen LogP contribution in [0.2, 0.25) is 0 Å². The summed E-state index contributed by atoms with van der Waals surface area (Å²) < 4.78 is 1.79. The molecule has 2 N–H and O–H groups in total. The maximum absolute atomic E-state index is 11.8. The second-order valence-corrected chi connectivity index (χ2v) is 5.61. The Kier molecular flexibility index (Phi) is 3.22. The summed E-state index contributed by atoms with van der Waals surface area (Å²) in [5.41, 5.74) is 0.202. The van der Waals surface area contributed by atoms with E-state index in [2.05, 4.69) is 25.4 Å². The predicted molar refractivity (Wildman–Crippen MR) is 84.8 cm³/mol. The predicted octanol–water partition coefficient (Wildman–Crippen LogP) is 0.850. The largest absolute Gasteiger partial charge is 0.375 e. The first-order valence-corrected chi connectivity index (χ1v) is 7.41. The van der Waals surface area contributed by atoms with Crippen LogP contribution in [0.25, 0.3) is 10.9 Å². The molecule has 0 radical (unpaired) electrons. The van der Waals surface area contributed by atoms with Gasteiger partial charge in [0.15, 0.2) is 0 Å². The van der Waals surface area contributed by atoms with Crippen LogP contribution < -0.4 is 10.9 Å². The summed E-state index contributed by atoms with van der Waals surface area (Å²) in [7, 11) is 0. The zero-order valence-corrected chi connectivity index (χ0v) is 12.5. The van der Waals surface area contributed by atoms with Gasteiger partial charge >= 0.3 is 0 Å². The molecule has 1 atom stereocenters. The molecule has 10 nitrogen and oxygen atoms in total. The van der Waals surface area contributed by atoms with Crippen molar-refractivity contribution in [2.24, 2.45) is 0 Å². The van der Waals surface area contributed by atoms with Crippen molar-refractivity contribution in [2.45, 2.75) is 25.4 Å². The van der Waals surface area contributed by atoms with Crippen molar-refractivity contribution in [3.8, 4) is 0 Å². The minimum absolute atomic E-state index is 0.0163. The zero-order valence-electron chi connectivity index (χ0n) is 12.5. The van der Waals surface area contributed by atoms with E-state index in [1.165, 1.54) is 18.7 Å². The molecule has 1 aliphatic rings. The molecule has 0 aliphatic carbocycles. The molecule has 0 saturated heterocycles. The van der Waals surface area contributed by atoms with Crippen LogP contribution in [-0.2, 0) is 13.0 Å². The molecule has 10 heteroatoms. The minimum Gasteiger partial charge on any atom is -0.375 e. The Hall–Kier alpha value is -3.30. The van der Waals surface area contributed by atoms with Crippen molar-refractivity contribution in [3.63, 3.8) is 0 Å². The van der Waals surface area contributed by atoms with Gasteiger partial charge in [0, 0.05) is 18.5 Å². The molecule has 4 rings (SSSR count). The fourth-order valence-corrected chi connectivity index (χ4v) is 2.95. The summed E-state index contributed by atoms with van der Waals surface area (Å²) in [4.78, 5) is 33.3. The molecule has 3 heterocycles. The normalized spacial score (nSPS) is 16.8. The number of fused-ring (bicyclic) bond motifs is 2. The Morgan fingerprint density at radius 3 is 3.08 bits per heavy atom. The zero-order chi connectivity index (χ0) is 16.7. The second-order valence-electron chi connectivity index (χ2n) is 5.61. The number of nitro benzene ring substituents is 1. The molecule has 24 heavy (non-hydrogen) atoms. The molecule has 1 aromatic carbocycles. The Morgan fingerprint density at radius 2 is 2.25 bits per heavy atom. The Balaban J connectivity index is 1.72. The van der Waals surface area contributed by atoms with E-state index < -0.39 is 10.5 Å². The number of nitro groups is 1. The first-order chi connectivity index (χ1) is 11.6. The summed E-state index contributed by atoms with van der Waals surface area (Å²) in [6.45, 7) is 0.577. The number of anilines is 1. The third-order valence-corrected chi connectivity index (χ3v) is 4.12. The lowest BCUT2D eigenvalue weighted by Gasteiger charge is -2.24. The SMILES string of the molecule is O=c1[nH]cnc2cc(NC3CCc4ncnn4C3)c([N+](=O)[O-])cc12. The summed E-state index contributed by atoms with van der Waals surface area (Å²) in [6.07, 6.45) is 4.32. The van der Waals surface area contributed by atoms with Gasteiger partial charge in [-0.05, 0) is 12.5 Å². The molecular formula is C14H13N7O3. The van der Waals surface area contributed by atoms with E-state index >= 15 is 0 Å². The van der Waals surface area contributed by atoms with Crippen molar-refractivity contribution in [1.29, 1.82) is 0 Å². The fraction of sp³-hybridized carbons (Fsp3) is 0.286. The van der Waals surface area contributed by atoms with E-state index in [0.29, 0.717) is 17.7 Å². The van der Waals surface area contributed by atoms with E-state index in [0.717, 1.165) is 18.7 Å². The molecule has 1 aliphatic heterocycles. The summed E-state index contributed by atoms with van der Waals surface area (Å²) in [5.74, 6) is 0.911. The first kappa shape index (κ1) is 14.3. The van der Waals surface area contributed by atoms with Gasteiger partial charge in [-0.2, -0.15) is 5.10 Å². The molecular weight excluding hydrogens is 314 g/mol. The lowest BCUT2D eigenvalue weighted by Crippen LogP contribution is -2.32. The number of aromatic amines is 1. The number of H-pyrrole nitrogens is 1. The number of benzene rings is 1. The van der Waals surface area contributed by atoms with Crippen LogP contribution in [0, 0.1) is 10.1 Å². The first-order valence-electron chi connectivity index (χ1n) is 7.41. The van der Waals surface area contributed by atoms with E-state index in [1.54, 1.807) is 10.7 Å². The third kappa shape index (κ3) is 2.37. The van der Waals surface area contributed by atoms with Gasteiger partial charge < -0.3 is 10.3 Å². The number of rotatable bonds is 3. The van der Waals surface area contributed by atoms with Gasteiger partial charge in [0.25, 0.3) is 11.2 Å². The van der Waals surface area contributed by atoms with E-state index in [-0.39, 0.29) is 17.1 Å². The van der Waals surface area contributed by atoms with Crippen LogP contribution in [0.3, 0.4) is 0 Å². The molecule has 1 unspecified atom stereocenters. The van der Waals surface area contributed by atoms with Crippen LogP contribution in [0.1, 0.15) is 12.2 Å². The Bertz CT molecular complexity index is 993. The number of hydrogen-bond acceptors (Lipinski definition) is 7. The molecule has 3 aromatic rings. The van der Waals surface area contributed by atoms with Crippen molar-refractivity contribution < 1.29 is 4.92 Å². The van der Waals surface area contributed by atoms with Crippen LogP contribution in [0.4, 0.5) is 11.4 Å². The highest BCUT2D eigenvalue weighted by Gasteiger charge is 2.24. The van der Waals surface area contributed by atoms with Gasteiger partial charge in [-0.1, -0.05) is 0 Å². The van der Waals surface area contributed by atoms with Crippen LogP contribution in [0.15, 0.2) is 29.6 Å². The molecule has 0 spiro atoms. The monoisotopic (exact) mass is 327 g/mol. The van der Waals surface area contributed by atoms with E-state index in [4.69, 9.17) is 0 Å². The van der Waals surface area contributed by atoms with Gasteiger partial charge in [-0.25, -0.2) is 14.6 Å². The second kappa shape index (κ2) is 5.41. The van der Waals surface area contributed by atoms with Crippen LogP contribution in [0.5, 0.6) is 0 Å². The van der Waals surface area contributed by atoms with Gasteiger partial charge in [0.1, 0.15) is 17.8 Å². The van der Waals surface area contributed by atoms with Crippen LogP contribution >= 0.6 is 0 Å². The number of nitrogens with zero attached hydrogens (tertiary/aromatic N) is 5. The topological polar surface area (TPSA) is 132 Å². The third-order valence-electron chi connectivity index (χ3n) is 4.12. The lowest BCUT2D eigenvalue weighted by atomic mass is 10.1. The lowest BCUT2D eigenvalue weighted by molar-refractivity contribution is -0.383. The number of aryl methyl sites for hydroxylation is 1. The smallest absolute Gasteiger partial charge is 0.293 e. The number of hydrogen-bond donors (Lipinski definition) is 2. The van der Waals surface area contributed by atoms with Crippen molar-refractivity contribution in [2.75, 3.05) is 5.32 Å². The highest BCUT2D eigenvalue weighted by molar-refractivity contribution is 5.86. The summed E-state index contributed by atoms with van der Waals surface area (Å²) in [5, 5.41) is 18.9. The minimum atomic E-state index is -0.502. The molecule has 0 amide bonds. The quantitative estimate of drug-likeness (QED) is 0.538.